The molecule has 10 heavy (non-hydrogen) atoms. The number of aliphatic hydroxyl groups is 1. The summed E-state index contributed by atoms with van der Waals surface area (Å²) in [6, 6.07) is 0. The van der Waals surface area contributed by atoms with Gasteiger partial charge in [0.2, 0.25) is 0 Å². The van der Waals surface area contributed by atoms with E-state index in [0.717, 1.165) is 11.8 Å². The van der Waals surface area contributed by atoms with E-state index in [1.807, 2.05) is 0 Å². The van der Waals surface area contributed by atoms with Gasteiger partial charge in [-0.05, 0) is 30.6 Å². The Balaban J connectivity index is 2.36. The zero-order valence-corrected chi connectivity index (χ0v) is 7.01. The Morgan fingerprint density at radius 1 is 1.30 bits per heavy atom. The molecule has 0 bridgehead atoms. The second kappa shape index (κ2) is 3.38. The highest BCUT2D eigenvalue weighted by Gasteiger charge is 2.23. The quantitative estimate of drug-likeness (QED) is 0.594. The van der Waals surface area contributed by atoms with Crippen LogP contribution in [0.3, 0.4) is 0 Å². The van der Waals surface area contributed by atoms with Gasteiger partial charge >= 0.3 is 0 Å². The Labute approximate surface area is 63.4 Å². The fraction of sp³-hybridized carbons (Fsp3) is 1.00. The predicted octanol–water partition coefficient (Wildman–Crippen LogP) is 2.05. The molecule has 1 aliphatic carbocycles. The zero-order chi connectivity index (χ0) is 7.56. The summed E-state index contributed by atoms with van der Waals surface area (Å²) in [4.78, 5) is 0. The van der Waals surface area contributed by atoms with Crippen molar-refractivity contribution in [2.75, 3.05) is 6.61 Å². The van der Waals surface area contributed by atoms with E-state index < -0.39 is 0 Å². The van der Waals surface area contributed by atoms with E-state index in [1.165, 1.54) is 19.3 Å². The topological polar surface area (TPSA) is 20.2 Å². The van der Waals surface area contributed by atoms with Gasteiger partial charge in [-0.1, -0.05) is 20.3 Å². The molecule has 0 saturated heterocycles. The summed E-state index contributed by atoms with van der Waals surface area (Å²) in [5.74, 6) is 2.22. The van der Waals surface area contributed by atoms with Gasteiger partial charge in [0.25, 0.3) is 0 Å². The summed E-state index contributed by atoms with van der Waals surface area (Å²) >= 11 is 0. The maximum absolute atomic E-state index is 8.95. The third kappa shape index (κ3) is 1.72. The molecule has 0 aromatic rings. The predicted molar refractivity (Wildman–Crippen MR) is 42.8 cm³/mol. The highest BCUT2D eigenvalue weighted by Crippen LogP contribution is 2.32. The third-order valence-corrected chi connectivity index (χ3v) is 2.84. The zero-order valence-electron chi connectivity index (χ0n) is 7.01. The molecule has 1 nitrogen and oxygen atoms in total. The lowest BCUT2D eigenvalue weighted by atomic mass is 9.76. The van der Waals surface area contributed by atoms with Gasteiger partial charge in [0.15, 0.2) is 0 Å². The first-order valence-electron chi connectivity index (χ1n) is 4.35. The van der Waals surface area contributed by atoms with Crippen LogP contribution in [-0.4, -0.2) is 11.7 Å². The Morgan fingerprint density at radius 2 is 2.00 bits per heavy atom. The molecule has 0 aromatic carbocycles. The van der Waals surface area contributed by atoms with Crippen LogP contribution >= 0.6 is 0 Å². The first-order chi connectivity index (χ1) is 4.74. The van der Waals surface area contributed by atoms with E-state index >= 15 is 0 Å². The van der Waals surface area contributed by atoms with Crippen molar-refractivity contribution in [2.24, 2.45) is 17.8 Å². The Bertz CT molecular complexity index is 101. The first kappa shape index (κ1) is 8.06. The smallest absolute Gasteiger partial charge is 0.0461 e. The molecule has 1 saturated carbocycles. The Kier molecular flexibility index (Phi) is 2.72. The molecule has 0 aliphatic heterocycles. The lowest BCUT2D eigenvalue weighted by molar-refractivity contribution is 0.122. The van der Waals surface area contributed by atoms with Crippen molar-refractivity contribution in [3.63, 3.8) is 0 Å². The Morgan fingerprint density at radius 3 is 2.50 bits per heavy atom. The van der Waals surface area contributed by atoms with Crippen LogP contribution in [0, 0.1) is 17.8 Å². The molecule has 1 aliphatic rings. The van der Waals surface area contributed by atoms with E-state index in [2.05, 4.69) is 13.8 Å². The average molecular weight is 142 g/mol. The molecule has 0 unspecified atom stereocenters. The fourth-order valence-electron chi connectivity index (χ4n) is 2.00. The van der Waals surface area contributed by atoms with E-state index in [0.29, 0.717) is 12.5 Å². The van der Waals surface area contributed by atoms with Crippen LogP contribution in [0.25, 0.3) is 0 Å². The van der Waals surface area contributed by atoms with Crippen LogP contribution in [0.5, 0.6) is 0 Å². The highest BCUT2D eigenvalue weighted by molar-refractivity contribution is 4.74. The SMILES string of the molecule is C[C@H]1CC[C@H](CO)[C@@H](C)C1. The highest BCUT2D eigenvalue weighted by atomic mass is 16.3. The van der Waals surface area contributed by atoms with Crippen LogP contribution < -0.4 is 0 Å². The molecule has 1 N–H and O–H groups in total. The number of hydrogen-bond acceptors (Lipinski definition) is 1. The molecule has 0 amide bonds. The van der Waals surface area contributed by atoms with Gasteiger partial charge in [-0.15, -0.1) is 0 Å². The van der Waals surface area contributed by atoms with Crippen molar-refractivity contribution in [3.05, 3.63) is 0 Å². The van der Waals surface area contributed by atoms with Crippen molar-refractivity contribution >= 4 is 0 Å². The van der Waals surface area contributed by atoms with Gasteiger partial charge in [-0.25, -0.2) is 0 Å². The van der Waals surface area contributed by atoms with Crippen molar-refractivity contribution in [1.29, 1.82) is 0 Å². The van der Waals surface area contributed by atoms with Crippen LogP contribution in [0.2, 0.25) is 0 Å². The average Bonchev–Trinajstić information content (AvgIpc) is 1.88. The van der Waals surface area contributed by atoms with Crippen LogP contribution in [-0.2, 0) is 0 Å². The van der Waals surface area contributed by atoms with E-state index in [9.17, 15) is 0 Å². The maximum atomic E-state index is 8.95. The van der Waals surface area contributed by atoms with E-state index in [1.54, 1.807) is 0 Å². The lowest BCUT2D eigenvalue weighted by Gasteiger charge is -2.31. The van der Waals surface area contributed by atoms with Crippen LogP contribution in [0.1, 0.15) is 33.1 Å². The summed E-state index contributed by atoms with van der Waals surface area (Å²) in [5.41, 5.74) is 0. The lowest BCUT2D eigenvalue weighted by Crippen LogP contribution is -2.23. The van der Waals surface area contributed by atoms with Crippen LogP contribution in [0.4, 0.5) is 0 Å². The third-order valence-electron chi connectivity index (χ3n) is 2.84. The van der Waals surface area contributed by atoms with E-state index in [-0.39, 0.29) is 0 Å². The molecule has 1 fully saturated rings. The van der Waals surface area contributed by atoms with Gasteiger partial charge in [0, 0.05) is 6.61 Å². The summed E-state index contributed by atoms with van der Waals surface area (Å²) in [7, 11) is 0. The molecule has 0 aromatic heterocycles. The van der Waals surface area contributed by atoms with Gasteiger partial charge in [0.05, 0.1) is 0 Å². The fourth-order valence-corrected chi connectivity index (χ4v) is 2.00. The van der Waals surface area contributed by atoms with Crippen molar-refractivity contribution in [2.45, 2.75) is 33.1 Å². The first-order valence-corrected chi connectivity index (χ1v) is 4.35. The molecule has 1 rings (SSSR count). The second-order valence-electron chi connectivity index (χ2n) is 3.84. The number of rotatable bonds is 1. The van der Waals surface area contributed by atoms with Gasteiger partial charge in [0.1, 0.15) is 0 Å². The second-order valence-corrected chi connectivity index (χ2v) is 3.84. The number of aliphatic hydroxyl groups excluding tert-OH is 1. The summed E-state index contributed by atoms with van der Waals surface area (Å²) < 4.78 is 0. The standard InChI is InChI=1S/C9H18O/c1-7-3-4-9(6-10)8(2)5-7/h7-10H,3-6H2,1-2H3/t7-,8-,9+/m0/s1. The minimum atomic E-state index is 0.397. The van der Waals surface area contributed by atoms with Gasteiger partial charge < -0.3 is 5.11 Å². The molecule has 0 heterocycles. The largest absolute Gasteiger partial charge is 0.396 e. The normalized spacial score (nSPS) is 41.7. The summed E-state index contributed by atoms with van der Waals surface area (Å²) in [6.07, 6.45) is 3.86. The molecular weight excluding hydrogens is 124 g/mol. The Hall–Kier alpha value is -0.0400. The molecule has 0 radical (unpaired) electrons. The minimum Gasteiger partial charge on any atom is -0.396 e. The summed E-state index contributed by atoms with van der Waals surface area (Å²) in [6.45, 7) is 4.97. The van der Waals surface area contributed by atoms with E-state index in [4.69, 9.17) is 5.11 Å². The van der Waals surface area contributed by atoms with Gasteiger partial charge in [-0.3, -0.25) is 0 Å². The molecule has 3 atom stereocenters. The molecule has 1 heteroatoms. The monoisotopic (exact) mass is 142 g/mol. The molecular formula is C9H18O. The summed E-state index contributed by atoms with van der Waals surface area (Å²) in [5, 5.41) is 8.95. The maximum Gasteiger partial charge on any atom is 0.0461 e. The van der Waals surface area contributed by atoms with Crippen molar-refractivity contribution in [3.8, 4) is 0 Å². The minimum absolute atomic E-state index is 0.397. The van der Waals surface area contributed by atoms with Crippen molar-refractivity contribution < 1.29 is 5.11 Å². The van der Waals surface area contributed by atoms with Gasteiger partial charge in [-0.2, -0.15) is 0 Å². The van der Waals surface area contributed by atoms with Crippen LogP contribution in [0.15, 0.2) is 0 Å². The molecule has 0 spiro atoms. The van der Waals surface area contributed by atoms with Crippen molar-refractivity contribution in [1.82, 2.24) is 0 Å². The molecule has 60 valence electrons. The number of hydrogen-bond donors (Lipinski definition) is 1.